The summed E-state index contributed by atoms with van der Waals surface area (Å²) in [5.74, 6) is -1.79. The number of nitrogens with zero attached hydrogens (tertiary/aromatic N) is 1. The molecule has 116 valence electrons. The van der Waals surface area contributed by atoms with Crippen LogP contribution < -0.4 is 11.1 Å². The Bertz CT molecular complexity index is 504. The summed E-state index contributed by atoms with van der Waals surface area (Å²) in [5.41, 5.74) is 4.99. The van der Waals surface area contributed by atoms with Crippen LogP contribution in [0.25, 0.3) is 0 Å². The molecule has 0 fully saturated rings. The number of carboxylic acids is 1. The first kappa shape index (κ1) is 17.0. The van der Waals surface area contributed by atoms with Crippen LogP contribution in [0.3, 0.4) is 0 Å². The van der Waals surface area contributed by atoms with E-state index in [0.29, 0.717) is 0 Å². The molecule has 0 aliphatic heterocycles. The SMILES string of the molecule is CC(c1cccs1)N(C)C(=O)N[C@H](CCC(N)=O)C(=O)O. The number of rotatable bonds is 7. The Morgan fingerprint density at radius 1 is 1.48 bits per heavy atom. The third-order valence-electron chi connectivity index (χ3n) is 3.13. The molecule has 1 rings (SSSR count). The molecule has 2 atom stereocenters. The van der Waals surface area contributed by atoms with Crippen LogP contribution in [0.1, 0.15) is 30.7 Å². The summed E-state index contributed by atoms with van der Waals surface area (Å²) in [7, 11) is 1.59. The Hall–Kier alpha value is -2.09. The number of primary amides is 1. The molecule has 1 aromatic rings. The summed E-state index contributed by atoms with van der Waals surface area (Å²) in [4.78, 5) is 36.3. The van der Waals surface area contributed by atoms with Gasteiger partial charge in [0.2, 0.25) is 5.91 Å². The molecule has 0 aromatic carbocycles. The number of thiophene rings is 1. The number of carbonyl (C=O) groups excluding carboxylic acids is 2. The van der Waals surface area contributed by atoms with Gasteiger partial charge < -0.3 is 21.1 Å². The molecule has 7 nitrogen and oxygen atoms in total. The van der Waals surface area contributed by atoms with Crippen LogP contribution >= 0.6 is 11.3 Å². The molecule has 1 unspecified atom stereocenters. The molecule has 21 heavy (non-hydrogen) atoms. The van der Waals surface area contributed by atoms with Crippen LogP contribution in [0.4, 0.5) is 4.79 Å². The van der Waals surface area contributed by atoms with E-state index in [1.165, 1.54) is 16.2 Å². The maximum Gasteiger partial charge on any atom is 0.326 e. The fraction of sp³-hybridized carbons (Fsp3) is 0.462. The van der Waals surface area contributed by atoms with Crippen molar-refractivity contribution in [1.29, 1.82) is 0 Å². The van der Waals surface area contributed by atoms with Gasteiger partial charge in [0, 0.05) is 18.3 Å². The van der Waals surface area contributed by atoms with Gasteiger partial charge in [0.25, 0.3) is 0 Å². The first-order chi connectivity index (χ1) is 9.82. The average Bonchev–Trinajstić information content (AvgIpc) is 2.94. The predicted molar refractivity (Wildman–Crippen MR) is 78.9 cm³/mol. The van der Waals surface area contributed by atoms with Gasteiger partial charge >= 0.3 is 12.0 Å². The summed E-state index contributed by atoms with van der Waals surface area (Å²) in [6.45, 7) is 1.85. The maximum absolute atomic E-state index is 12.1. The fourth-order valence-corrected chi connectivity index (χ4v) is 2.52. The molecule has 3 amide bonds. The van der Waals surface area contributed by atoms with Crippen LogP contribution in [0.5, 0.6) is 0 Å². The molecule has 1 aromatic heterocycles. The van der Waals surface area contributed by atoms with Crippen molar-refractivity contribution in [3.05, 3.63) is 22.4 Å². The molecule has 4 N–H and O–H groups in total. The van der Waals surface area contributed by atoms with Crippen LogP contribution in [0.2, 0.25) is 0 Å². The number of aliphatic carboxylic acids is 1. The van der Waals surface area contributed by atoms with E-state index in [-0.39, 0.29) is 18.9 Å². The third-order valence-corrected chi connectivity index (χ3v) is 4.17. The van der Waals surface area contributed by atoms with Crippen molar-refractivity contribution in [2.45, 2.75) is 31.8 Å². The minimum atomic E-state index is -1.19. The molecule has 0 saturated carbocycles. The number of hydrogen-bond acceptors (Lipinski definition) is 4. The quantitative estimate of drug-likeness (QED) is 0.701. The number of amides is 3. The largest absolute Gasteiger partial charge is 0.480 e. The van der Waals surface area contributed by atoms with Crippen LogP contribution in [0, 0.1) is 0 Å². The number of carbonyl (C=O) groups is 3. The van der Waals surface area contributed by atoms with Gasteiger partial charge in [0.05, 0.1) is 6.04 Å². The predicted octanol–water partition coefficient (Wildman–Crippen LogP) is 1.17. The van der Waals surface area contributed by atoms with Crippen LogP contribution in [-0.4, -0.2) is 41.0 Å². The van der Waals surface area contributed by atoms with Gasteiger partial charge in [-0.1, -0.05) is 6.07 Å². The number of nitrogens with two attached hydrogens (primary N) is 1. The first-order valence-electron chi connectivity index (χ1n) is 6.40. The van der Waals surface area contributed by atoms with Crippen molar-refractivity contribution in [3.63, 3.8) is 0 Å². The third kappa shape index (κ3) is 5.07. The Morgan fingerprint density at radius 3 is 2.62 bits per heavy atom. The van der Waals surface area contributed by atoms with Gasteiger partial charge in [-0.05, 0) is 24.8 Å². The van der Waals surface area contributed by atoms with Gasteiger partial charge in [-0.2, -0.15) is 0 Å². The lowest BCUT2D eigenvalue weighted by Gasteiger charge is -2.26. The molecule has 0 radical (unpaired) electrons. The van der Waals surface area contributed by atoms with E-state index in [0.717, 1.165) is 4.88 Å². The zero-order valence-corrected chi connectivity index (χ0v) is 12.7. The monoisotopic (exact) mass is 313 g/mol. The van der Waals surface area contributed by atoms with E-state index < -0.39 is 23.9 Å². The molecule has 0 aliphatic rings. The highest BCUT2D eigenvalue weighted by atomic mass is 32.1. The maximum atomic E-state index is 12.1. The van der Waals surface area contributed by atoms with Crippen molar-refractivity contribution in [3.8, 4) is 0 Å². The number of hydrogen-bond donors (Lipinski definition) is 3. The first-order valence-corrected chi connectivity index (χ1v) is 7.28. The summed E-state index contributed by atoms with van der Waals surface area (Å²) in [5, 5.41) is 13.4. The van der Waals surface area contributed by atoms with Crippen molar-refractivity contribution < 1.29 is 19.5 Å². The van der Waals surface area contributed by atoms with E-state index in [9.17, 15) is 14.4 Å². The zero-order valence-electron chi connectivity index (χ0n) is 11.9. The second kappa shape index (κ2) is 7.63. The van der Waals surface area contributed by atoms with Crippen LogP contribution in [0.15, 0.2) is 17.5 Å². The fourth-order valence-electron chi connectivity index (χ4n) is 1.69. The Morgan fingerprint density at radius 2 is 2.14 bits per heavy atom. The van der Waals surface area contributed by atoms with Gasteiger partial charge in [0.1, 0.15) is 6.04 Å². The number of nitrogens with one attached hydrogen (secondary N) is 1. The van der Waals surface area contributed by atoms with Crippen molar-refractivity contribution >= 4 is 29.2 Å². The second-order valence-corrected chi connectivity index (χ2v) is 5.63. The lowest BCUT2D eigenvalue weighted by molar-refractivity contribution is -0.139. The number of urea groups is 1. The zero-order chi connectivity index (χ0) is 16.0. The van der Waals surface area contributed by atoms with Crippen molar-refractivity contribution in [1.82, 2.24) is 10.2 Å². The summed E-state index contributed by atoms with van der Waals surface area (Å²) in [6.07, 6.45) is -0.126. The Labute approximate surface area is 126 Å². The minimum Gasteiger partial charge on any atom is -0.480 e. The molecule has 0 saturated heterocycles. The standard InChI is InChI=1S/C13H19N3O4S/c1-8(10-4-3-7-21-10)16(2)13(20)15-9(12(18)19)5-6-11(14)17/h3-4,7-9H,5-6H2,1-2H3,(H2,14,17)(H,15,20)(H,18,19)/t8?,9-/m1/s1. The van der Waals surface area contributed by atoms with Crippen LogP contribution in [-0.2, 0) is 9.59 Å². The Balaban J connectivity index is 2.63. The molecule has 0 aliphatic carbocycles. The normalized spacial score (nSPS) is 13.2. The van der Waals surface area contributed by atoms with Gasteiger partial charge in [0.15, 0.2) is 0 Å². The van der Waals surface area contributed by atoms with E-state index in [4.69, 9.17) is 10.8 Å². The van der Waals surface area contributed by atoms with E-state index >= 15 is 0 Å². The topological polar surface area (TPSA) is 113 Å². The van der Waals surface area contributed by atoms with E-state index in [1.807, 2.05) is 24.4 Å². The van der Waals surface area contributed by atoms with Gasteiger partial charge in [-0.3, -0.25) is 4.79 Å². The lowest BCUT2D eigenvalue weighted by atomic mass is 10.1. The molecule has 0 bridgehead atoms. The molecule has 0 spiro atoms. The van der Waals surface area contributed by atoms with E-state index in [2.05, 4.69) is 5.32 Å². The summed E-state index contributed by atoms with van der Waals surface area (Å²) >= 11 is 1.52. The molecule has 1 heterocycles. The molecular weight excluding hydrogens is 294 g/mol. The number of carboxylic acid groups (broad SMARTS) is 1. The smallest absolute Gasteiger partial charge is 0.326 e. The summed E-state index contributed by atoms with van der Waals surface area (Å²) < 4.78 is 0. The highest BCUT2D eigenvalue weighted by molar-refractivity contribution is 7.10. The molecular formula is C13H19N3O4S. The lowest BCUT2D eigenvalue weighted by Crippen LogP contribution is -2.47. The minimum absolute atomic E-state index is 0.0301. The van der Waals surface area contributed by atoms with E-state index in [1.54, 1.807) is 7.05 Å². The average molecular weight is 313 g/mol. The second-order valence-electron chi connectivity index (χ2n) is 4.65. The highest BCUT2D eigenvalue weighted by Crippen LogP contribution is 2.23. The van der Waals surface area contributed by atoms with Gasteiger partial charge in [-0.25, -0.2) is 9.59 Å². The van der Waals surface area contributed by atoms with Gasteiger partial charge in [-0.15, -0.1) is 11.3 Å². The molecule has 8 heteroatoms. The van der Waals surface area contributed by atoms with Crippen molar-refractivity contribution in [2.75, 3.05) is 7.05 Å². The highest BCUT2D eigenvalue weighted by Gasteiger charge is 2.24. The summed E-state index contributed by atoms with van der Waals surface area (Å²) in [6, 6.07) is 1.97. The van der Waals surface area contributed by atoms with Crippen molar-refractivity contribution in [2.24, 2.45) is 5.73 Å². The Kier molecular flexibility index (Phi) is 6.16.